The number of carbonyl (C=O) groups is 2. The summed E-state index contributed by atoms with van der Waals surface area (Å²) in [6, 6.07) is 16.6. The molecule has 2 amide bonds. The molecule has 0 spiro atoms. The van der Waals surface area contributed by atoms with Crippen LogP contribution in [0.3, 0.4) is 0 Å². The van der Waals surface area contributed by atoms with Crippen LogP contribution in [0.2, 0.25) is 0 Å². The molecule has 5 nitrogen and oxygen atoms in total. The second-order valence-electron chi connectivity index (χ2n) is 7.64. The normalized spacial score (nSPS) is 18.3. The Morgan fingerprint density at radius 3 is 2.34 bits per heavy atom. The summed E-state index contributed by atoms with van der Waals surface area (Å²) < 4.78 is 0. The lowest BCUT2D eigenvalue weighted by molar-refractivity contribution is -0.120. The van der Waals surface area contributed by atoms with Crippen LogP contribution in [0.1, 0.15) is 55.1 Å². The summed E-state index contributed by atoms with van der Waals surface area (Å²) in [6.45, 7) is 4.74. The first kappa shape index (κ1) is 22.9. The van der Waals surface area contributed by atoms with E-state index in [4.69, 9.17) is 5.73 Å². The number of hydrogen-bond donors (Lipinski definition) is 2. The lowest BCUT2D eigenvalue weighted by Gasteiger charge is -2.33. The average molecular weight is 416 g/mol. The first-order valence-corrected chi connectivity index (χ1v) is 10.00. The third-order valence-corrected chi connectivity index (χ3v) is 5.60. The van der Waals surface area contributed by atoms with Gasteiger partial charge in [0.25, 0.3) is 5.91 Å². The molecular weight excluding hydrogens is 386 g/mol. The molecule has 3 unspecified atom stereocenters. The predicted molar refractivity (Wildman–Crippen MR) is 119 cm³/mol. The number of amides is 2. The number of benzene rings is 2. The number of anilines is 1. The second kappa shape index (κ2) is 10.4. The van der Waals surface area contributed by atoms with Gasteiger partial charge in [-0.3, -0.25) is 9.59 Å². The molecule has 3 atom stereocenters. The summed E-state index contributed by atoms with van der Waals surface area (Å²) in [5.74, 6) is -0.456. The maximum absolute atomic E-state index is 12.7. The maximum atomic E-state index is 12.7. The van der Waals surface area contributed by atoms with Crippen molar-refractivity contribution in [3.8, 4) is 0 Å². The molecule has 1 saturated heterocycles. The summed E-state index contributed by atoms with van der Waals surface area (Å²) in [6.07, 6.45) is 3.29. The number of hydrogen-bond acceptors (Lipinski definition) is 3. The van der Waals surface area contributed by atoms with E-state index in [1.165, 1.54) is 6.42 Å². The van der Waals surface area contributed by atoms with Crippen molar-refractivity contribution in [3.05, 3.63) is 65.7 Å². The number of carbonyl (C=O) groups excluding carboxylic acids is 2. The highest BCUT2D eigenvalue weighted by Crippen LogP contribution is 2.22. The fourth-order valence-electron chi connectivity index (χ4n) is 3.64. The summed E-state index contributed by atoms with van der Waals surface area (Å²) in [7, 11) is 0. The number of likely N-dealkylation sites (tertiary alicyclic amines) is 1. The van der Waals surface area contributed by atoms with Crippen LogP contribution in [0.25, 0.3) is 0 Å². The number of nitrogens with zero attached hydrogens (tertiary/aromatic N) is 1. The van der Waals surface area contributed by atoms with Crippen molar-refractivity contribution < 1.29 is 9.59 Å². The third-order valence-electron chi connectivity index (χ3n) is 5.60. The maximum Gasteiger partial charge on any atom is 0.254 e. The summed E-state index contributed by atoms with van der Waals surface area (Å²) in [5.41, 5.74) is 8.49. The van der Waals surface area contributed by atoms with Gasteiger partial charge in [-0.05, 0) is 56.0 Å². The zero-order chi connectivity index (χ0) is 20.1. The summed E-state index contributed by atoms with van der Waals surface area (Å²) >= 11 is 0. The van der Waals surface area contributed by atoms with Crippen molar-refractivity contribution in [1.29, 1.82) is 0 Å². The number of halogens is 1. The minimum Gasteiger partial charge on any atom is -0.336 e. The van der Waals surface area contributed by atoms with Gasteiger partial charge in [0.1, 0.15) is 0 Å². The van der Waals surface area contributed by atoms with Crippen LogP contribution in [-0.4, -0.2) is 29.3 Å². The number of nitrogens with one attached hydrogen (secondary N) is 1. The first-order valence-electron chi connectivity index (χ1n) is 10.00. The average Bonchev–Trinajstić information content (AvgIpc) is 2.73. The van der Waals surface area contributed by atoms with Crippen LogP contribution in [0.15, 0.2) is 54.6 Å². The molecule has 0 aromatic heterocycles. The van der Waals surface area contributed by atoms with Crippen LogP contribution < -0.4 is 11.1 Å². The van der Waals surface area contributed by atoms with Crippen LogP contribution in [0.4, 0.5) is 5.69 Å². The van der Waals surface area contributed by atoms with Gasteiger partial charge >= 0.3 is 0 Å². The molecule has 6 heteroatoms. The van der Waals surface area contributed by atoms with Crippen molar-refractivity contribution in [2.75, 3.05) is 11.9 Å². The molecule has 29 heavy (non-hydrogen) atoms. The Morgan fingerprint density at radius 2 is 1.72 bits per heavy atom. The number of rotatable bonds is 5. The molecule has 1 aliphatic heterocycles. The summed E-state index contributed by atoms with van der Waals surface area (Å²) in [5, 5.41) is 2.90. The molecule has 0 saturated carbocycles. The zero-order valence-corrected chi connectivity index (χ0v) is 17.8. The van der Waals surface area contributed by atoms with E-state index in [0.717, 1.165) is 24.9 Å². The minimum atomic E-state index is -0.377. The highest BCUT2D eigenvalue weighted by atomic mass is 35.5. The van der Waals surface area contributed by atoms with Crippen LogP contribution in [-0.2, 0) is 4.79 Å². The second-order valence-corrected chi connectivity index (χ2v) is 7.64. The SMILES string of the molecule is CC(C(=O)Nc1ccc(C(=O)N2CCCCC2C)cc1)C(N)c1ccccc1.Cl. The third kappa shape index (κ3) is 5.58. The Morgan fingerprint density at radius 1 is 1.07 bits per heavy atom. The molecule has 0 aliphatic carbocycles. The molecule has 2 aromatic rings. The molecule has 0 bridgehead atoms. The number of nitrogens with two attached hydrogens (primary N) is 1. The molecule has 2 aromatic carbocycles. The van der Waals surface area contributed by atoms with Crippen LogP contribution in [0.5, 0.6) is 0 Å². The Hall–Kier alpha value is -2.37. The van der Waals surface area contributed by atoms with Gasteiger partial charge < -0.3 is 16.0 Å². The van der Waals surface area contributed by atoms with E-state index in [1.807, 2.05) is 42.2 Å². The monoisotopic (exact) mass is 415 g/mol. The zero-order valence-electron chi connectivity index (χ0n) is 17.0. The van der Waals surface area contributed by atoms with Crippen molar-refractivity contribution in [1.82, 2.24) is 4.90 Å². The lowest BCUT2D eigenvalue weighted by Crippen LogP contribution is -2.42. The van der Waals surface area contributed by atoms with Gasteiger partial charge in [-0.15, -0.1) is 12.4 Å². The van der Waals surface area contributed by atoms with E-state index in [2.05, 4.69) is 12.2 Å². The van der Waals surface area contributed by atoms with Gasteiger partial charge in [0.15, 0.2) is 0 Å². The van der Waals surface area contributed by atoms with Gasteiger partial charge in [-0.25, -0.2) is 0 Å². The standard InChI is InChI=1S/C23H29N3O2.ClH/c1-16-8-6-7-15-26(16)23(28)19-11-13-20(14-12-19)25-22(27)17(2)21(24)18-9-4-3-5-10-18;/h3-5,9-14,16-17,21H,6-8,15,24H2,1-2H3,(H,25,27);1H. The molecular formula is C23H30ClN3O2. The predicted octanol–water partition coefficient (Wildman–Crippen LogP) is 4.40. The molecule has 156 valence electrons. The molecule has 1 aliphatic rings. The quantitative estimate of drug-likeness (QED) is 0.759. The van der Waals surface area contributed by atoms with Gasteiger partial charge in [0.2, 0.25) is 5.91 Å². The topological polar surface area (TPSA) is 75.4 Å². The van der Waals surface area contributed by atoms with Crippen molar-refractivity contribution >= 4 is 29.9 Å². The van der Waals surface area contributed by atoms with Gasteiger partial charge in [-0.1, -0.05) is 37.3 Å². The number of piperidine rings is 1. The summed E-state index contributed by atoms with van der Waals surface area (Å²) in [4.78, 5) is 27.2. The smallest absolute Gasteiger partial charge is 0.254 e. The van der Waals surface area contributed by atoms with Crippen molar-refractivity contribution in [3.63, 3.8) is 0 Å². The van der Waals surface area contributed by atoms with E-state index in [9.17, 15) is 9.59 Å². The van der Waals surface area contributed by atoms with E-state index in [1.54, 1.807) is 24.3 Å². The lowest BCUT2D eigenvalue weighted by atomic mass is 9.94. The van der Waals surface area contributed by atoms with Gasteiger partial charge in [0, 0.05) is 29.9 Å². The fraction of sp³-hybridized carbons (Fsp3) is 0.391. The fourth-order valence-corrected chi connectivity index (χ4v) is 3.64. The van der Waals surface area contributed by atoms with Gasteiger partial charge in [0.05, 0.1) is 5.92 Å². The van der Waals surface area contributed by atoms with E-state index >= 15 is 0 Å². The highest BCUT2D eigenvalue weighted by molar-refractivity contribution is 5.96. The highest BCUT2D eigenvalue weighted by Gasteiger charge is 2.25. The molecule has 3 rings (SSSR count). The van der Waals surface area contributed by atoms with Crippen LogP contribution in [0, 0.1) is 5.92 Å². The van der Waals surface area contributed by atoms with Crippen molar-refractivity contribution in [2.24, 2.45) is 11.7 Å². The van der Waals surface area contributed by atoms with E-state index in [0.29, 0.717) is 11.3 Å². The van der Waals surface area contributed by atoms with Crippen molar-refractivity contribution in [2.45, 2.75) is 45.2 Å². The largest absolute Gasteiger partial charge is 0.336 e. The molecule has 1 heterocycles. The van der Waals surface area contributed by atoms with Crippen LogP contribution >= 0.6 is 12.4 Å². The molecule has 3 N–H and O–H groups in total. The Labute approximate surface area is 179 Å². The minimum absolute atomic E-state index is 0. The molecule has 0 radical (unpaired) electrons. The Balaban J connectivity index is 0.00000300. The first-order chi connectivity index (χ1) is 13.5. The Kier molecular flexibility index (Phi) is 8.23. The van der Waals surface area contributed by atoms with E-state index < -0.39 is 0 Å². The van der Waals surface area contributed by atoms with Gasteiger partial charge in [-0.2, -0.15) is 0 Å². The Bertz CT molecular complexity index is 811. The van der Waals surface area contributed by atoms with E-state index in [-0.39, 0.29) is 42.2 Å². The molecule has 1 fully saturated rings.